The van der Waals surface area contributed by atoms with Gasteiger partial charge in [0.05, 0.1) is 7.11 Å². The van der Waals surface area contributed by atoms with Gasteiger partial charge in [0.15, 0.2) is 0 Å². The van der Waals surface area contributed by atoms with Crippen LogP contribution in [0, 0.1) is 0 Å². The number of esters is 1. The van der Waals surface area contributed by atoms with Gasteiger partial charge in [-0.2, -0.15) is 0 Å². The predicted molar refractivity (Wildman–Crippen MR) is 110 cm³/mol. The molecule has 0 bridgehead atoms. The van der Waals surface area contributed by atoms with Crippen molar-refractivity contribution in [2.24, 2.45) is 0 Å². The Hall–Kier alpha value is -3.29. The fourth-order valence-corrected chi connectivity index (χ4v) is 4.67. The van der Waals surface area contributed by atoms with E-state index in [4.69, 9.17) is 9.47 Å². The second-order valence-corrected chi connectivity index (χ2v) is 8.23. The quantitative estimate of drug-likeness (QED) is 0.351. The monoisotopic (exact) mass is 455 g/mol. The van der Waals surface area contributed by atoms with Gasteiger partial charge in [-0.1, -0.05) is 0 Å². The fourth-order valence-electron chi connectivity index (χ4n) is 2.71. The second-order valence-electron chi connectivity index (χ2n) is 5.96. The zero-order valence-corrected chi connectivity index (χ0v) is 17.5. The molecular formula is C20H17N5O3Se. The Bertz CT molecular complexity index is 1160. The first kappa shape index (κ1) is 19.0. The number of nitrogens with zero attached hydrogens (tertiary/aromatic N) is 4. The molecule has 3 aromatic heterocycles. The van der Waals surface area contributed by atoms with E-state index in [1.807, 2.05) is 37.3 Å². The summed E-state index contributed by atoms with van der Waals surface area (Å²) in [5.41, 5.74) is 2.32. The van der Waals surface area contributed by atoms with Crippen molar-refractivity contribution in [3.8, 4) is 17.3 Å². The van der Waals surface area contributed by atoms with Gasteiger partial charge in [0.1, 0.15) is 0 Å². The molecule has 0 aliphatic carbocycles. The number of methoxy groups -OCH3 is 1. The molecule has 0 saturated carbocycles. The van der Waals surface area contributed by atoms with E-state index < -0.39 is 0 Å². The third-order valence-electron chi connectivity index (χ3n) is 4.04. The molecule has 0 aliphatic rings. The Labute approximate surface area is 172 Å². The van der Waals surface area contributed by atoms with Gasteiger partial charge in [-0.3, -0.25) is 0 Å². The Morgan fingerprint density at radius 1 is 1.10 bits per heavy atom. The van der Waals surface area contributed by atoms with Gasteiger partial charge in [-0.25, -0.2) is 0 Å². The summed E-state index contributed by atoms with van der Waals surface area (Å²) < 4.78 is 12.0. The summed E-state index contributed by atoms with van der Waals surface area (Å²) in [5, 5.41) is 4.30. The van der Waals surface area contributed by atoms with E-state index in [1.165, 1.54) is 13.4 Å². The molecule has 0 amide bonds. The second kappa shape index (κ2) is 8.38. The molecule has 29 heavy (non-hydrogen) atoms. The van der Waals surface area contributed by atoms with E-state index in [-0.39, 0.29) is 20.5 Å². The molecular weight excluding hydrogens is 437 g/mol. The Morgan fingerprint density at radius 2 is 1.93 bits per heavy atom. The van der Waals surface area contributed by atoms with Crippen LogP contribution in [0.1, 0.15) is 16.2 Å². The topological polar surface area (TPSA) is 99.1 Å². The van der Waals surface area contributed by atoms with Crippen LogP contribution >= 0.6 is 0 Å². The van der Waals surface area contributed by atoms with Gasteiger partial charge in [0, 0.05) is 0 Å². The molecule has 9 heteroatoms. The van der Waals surface area contributed by atoms with Gasteiger partial charge in [0.25, 0.3) is 0 Å². The number of hydrogen-bond donors (Lipinski definition) is 1. The van der Waals surface area contributed by atoms with Crippen molar-refractivity contribution in [3.63, 3.8) is 0 Å². The third kappa shape index (κ3) is 4.26. The zero-order chi connectivity index (χ0) is 20.2. The predicted octanol–water partition coefficient (Wildman–Crippen LogP) is 3.07. The molecule has 146 valence electrons. The zero-order valence-electron chi connectivity index (χ0n) is 15.7. The molecule has 0 radical (unpaired) electrons. The number of carbonyl (C=O) groups is 1. The van der Waals surface area contributed by atoms with Gasteiger partial charge < -0.3 is 4.74 Å². The SMILES string of the molecule is CCOC(=O)c1cc2cc(Nc3cc(-c4cnc(OC)nc4)ncn3)ccc2[se]1. The van der Waals surface area contributed by atoms with Gasteiger partial charge in [-0.05, 0) is 0 Å². The summed E-state index contributed by atoms with van der Waals surface area (Å²) in [6, 6.07) is 10.0. The van der Waals surface area contributed by atoms with Crippen LogP contribution in [0.25, 0.3) is 20.9 Å². The third-order valence-corrected chi connectivity index (χ3v) is 6.34. The maximum absolute atomic E-state index is 12.0. The summed E-state index contributed by atoms with van der Waals surface area (Å²) in [7, 11) is 1.52. The number of ether oxygens (including phenoxy) is 2. The van der Waals surface area contributed by atoms with Crippen LogP contribution in [0.2, 0.25) is 0 Å². The van der Waals surface area contributed by atoms with E-state index >= 15 is 0 Å². The maximum atomic E-state index is 12.0. The molecule has 1 N–H and O–H groups in total. The van der Waals surface area contributed by atoms with E-state index in [0.29, 0.717) is 24.1 Å². The summed E-state index contributed by atoms with van der Waals surface area (Å²) in [6.07, 6.45) is 4.78. The van der Waals surface area contributed by atoms with Crippen molar-refractivity contribution < 1.29 is 14.3 Å². The summed E-state index contributed by atoms with van der Waals surface area (Å²) in [5.74, 6) is 0.407. The van der Waals surface area contributed by atoms with E-state index in [1.54, 1.807) is 12.4 Å². The van der Waals surface area contributed by atoms with Gasteiger partial charge >= 0.3 is 161 Å². The molecule has 1 aromatic carbocycles. The number of aromatic nitrogens is 4. The van der Waals surface area contributed by atoms with E-state index in [2.05, 4.69) is 25.3 Å². The van der Waals surface area contributed by atoms with Crippen LogP contribution in [0.4, 0.5) is 11.5 Å². The number of fused-ring (bicyclic) bond motifs is 1. The molecule has 0 spiro atoms. The van der Waals surface area contributed by atoms with Crippen molar-refractivity contribution in [3.05, 3.63) is 53.5 Å². The molecule has 4 rings (SSSR count). The first-order valence-electron chi connectivity index (χ1n) is 8.82. The molecule has 0 fully saturated rings. The average molecular weight is 454 g/mol. The molecule has 8 nitrogen and oxygen atoms in total. The molecule has 3 heterocycles. The molecule has 4 aromatic rings. The first-order chi connectivity index (χ1) is 14.2. The van der Waals surface area contributed by atoms with Crippen LogP contribution < -0.4 is 10.1 Å². The van der Waals surface area contributed by atoms with Crippen LogP contribution in [-0.4, -0.2) is 54.1 Å². The van der Waals surface area contributed by atoms with E-state index in [9.17, 15) is 4.79 Å². The molecule has 0 unspecified atom stereocenters. The van der Waals surface area contributed by atoms with Crippen molar-refractivity contribution in [1.29, 1.82) is 0 Å². The minimum absolute atomic E-state index is 0.0312. The summed E-state index contributed by atoms with van der Waals surface area (Å²) in [4.78, 5) is 28.7. The van der Waals surface area contributed by atoms with Crippen molar-refractivity contribution in [1.82, 2.24) is 19.9 Å². The van der Waals surface area contributed by atoms with Crippen molar-refractivity contribution >= 4 is 41.6 Å². The summed E-state index contributed by atoms with van der Waals surface area (Å²) >= 11 is -0.0312. The number of anilines is 2. The number of nitrogens with one attached hydrogen (secondary N) is 1. The van der Waals surface area contributed by atoms with Gasteiger partial charge in [-0.15, -0.1) is 0 Å². The van der Waals surface area contributed by atoms with Crippen LogP contribution in [0.15, 0.2) is 49.1 Å². The average Bonchev–Trinajstić information content (AvgIpc) is 3.18. The Balaban J connectivity index is 1.57. The van der Waals surface area contributed by atoms with Crippen LogP contribution in [-0.2, 0) is 4.74 Å². The number of rotatable bonds is 6. The number of benzene rings is 1. The van der Waals surface area contributed by atoms with Crippen LogP contribution in [0.3, 0.4) is 0 Å². The fraction of sp³-hybridized carbons (Fsp3) is 0.150. The van der Waals surface area contributed by atoms with Crippen molar-refractivity contribution in [2.45, 2.75) is 6.92 Å². The number of carbonyl (C=O) groups excluding carboxylic acids is 1. The Morgan fingerprint density at radius 3 is 2.69 bits per heavy atom. The minimum atomic E-state index is -0.236. The normalized spacial score (nSPS) is 10.7. The number of hydrogen-bond acceptors (Lipinski definition) is 8. The molecule has 0 atom stereocenters. The standard InChI is InChI=1S/C20H17N5O3Se/c1-3-28-19(26)17-7-12-6-14(4-5-16(12)29-17)25-18-8-15(23-11-24-18)13-9-21-20(27-2)22-10-13/h4-11H,3H2,1-2H3,(H,23,24,25). The van der Waals surface area contributed by atoms with Gasteiger partial charge in [0.2, 0.25) is 0 Å². The first-order valence-corrected chi connectivity index (χ1v) is 10.5. The van der Waals surface area contributed by atoms with Crippen molar-refractivity contribution in [2.75, 3.05) is 19.0 Å². The van der Waals surface area contributed by atoms with Crippen LogP contribution in [0.5, 0.6) is 6.01 Å². The summed E-state index contributed by atoms with van der Waals surface area (Å²) in [6.45, 7) is 2.19. The molecule has 0 aliphatic heterocycles. The molecule has 0 saturated heterocycles. The van der Waals surface area contributed by atoms with E-state index in [0.717, 1.165) is 25.3 Å². The Kier molecular flexibility index (Phi) is 5.50.